The lowest BCUT2D eigenvalue weighted by Gasteiger charge is -2.19. The maximum absolute atomic E-state index is 12.1. The number of hydrogen-bond acceptors (Lipinski definition) is 4. The highest BCUT2D eigenvalue weighted by Gasteiger charge is 2.35. The number of rotatable bonds is 2. The first-order valence-electron chi connectivity index (χ1n) is 4.77. The van der Waals surface area contributed by atoms with Gasteiger partial charge in [-0.2, -0.15) is 0 Å². The van der Waals surface area contributed by atoms with E-state index in [-0.39, 0.29) is 5.91 Å². The summed E-state index contributed by atoms with van der Waals surface area (Å²) in [5.74, 6) is -0.143. The highest BCUT2D eigenvalue weighted by Crippen LogP contribution is 2.26. The third-order valence-corrected chi connectivity index (χ3v) is 4.50. The van der Waals surface area contributed by atoms with Gasteiger partial charge in [-0.25, -0.2) is 4.79 Å². The van der Waals surface area contributed by atoms with Gasteiger partial charge >= 0.3 is 5.97 Å². The lowest BCUT2D eigenvalue weighted by molar-refractivity contribution is -0.140. The molecular formula is C10H11NO3S2. The SMILES string of the molecule is Cc1ccsc1C(=O)N1CSC[C@H]1C(=O)O. The van der Waals surface area contributed by atoms with Crippen LogP contribution in [0.25, 0.3) is 0 Å². The van der Waals surface area contributed by atoms with Crippen LogP contribution in [0.1, 0.15) is 15.2 Å². The van der Waals surface area contributed by atoms with Crippen molar-refractivity contribution in [2.45, 2.75) is 13.0 Å². The normalized spacial score (nSPS) is 20.1. The Morgan fingerprint density at radius 1 is 1.56 bits per heavy atom. The number of amides is 1. The zero-order valence-electron chi connectivity index (χ0n) is 8.67. The van der Waals surface area contributed by atoms with E-state index in [1.54, 1.807) is 0 Å². The van der Waals surface area contributed by atoms with Gasteiger partial charge in [0.1, 0.15) is 6.04 Å². The number of nitrogens with zero attached hydrogens (tertiary/aromatic N) is 1. The Bertz CT molecular complexity index is 429. The van der Waals surface area contributed by atoms with E-state index in [0.29, 0.717) is 16.5 Å². The molecule has 1 N–H and O–H groups in total. The van der Waals surface area contributed by atoms with E-state index >= 15 is 0 Å². The molecule has 1 aliphatic rings. The van der Waals surface area contributed by atoms with Gasteiger partial charge in [0.2, 0.25) is 0 Å². The van der Waals surface area contributed by atoms with Gasteiger partial charge in [0.25, 0.3) is 5.91 Å². The molecule has 0 saturated carbocycles. The van der Waals surface area contributed by atoms with Gasteiger partial charge in [0, 0.05) is 5.75 Å². The van der Waals surface area contributed by atoms with Crippen LogP contribution in [-0.4, -0.2) is 39.6 Å². The highest BCUT2D eigenvalue weighted by molar-refractivity contribution is 7.99. The van der Waals surface area contributed by atoms with E-state index in [9.17, 15) is 9.59 Å². The standard InChI is InChI=1S/C10H11NO3S2/c1-6-2-3-16-8(6)9(12)11-5-15-4-7(11)10(13)14/h2-3,7H,4-5H2,1H3,(H,13,14)/t7-/m0/s1. The zero-order chi connectivity index (χ0) is 11.7. The Morgan fingerprint density at radius 3 is 2.88 bits per heavy atom. The number of carboxylic acids is 1. The molecule has 0 bridgehead atoms. The minimum absolute atomic E-state index is 0.162. The molecule has 1 saturated heterocycles. The molecule has 1 aromatic heterocycles. The molecule has 2 rings (SSSR count). The van der Waals surface area contributed by atoms with Crippen molar-refractivity contribution in [3.63, 3.8) is 0 Å². The summed E-state index contributed by atoms with van der Waals surface area (Å²) in [6, 6.07) is 1.19. The largest absolute Gasteiger partial charge is 0.480 e. The number of carboxylic acid groups (broad SMARTS) is 1. The van der Waals surface area contributed by atoms with Crippen molar-refractivity contribution in [3.05, 3.63) is 21.9 Å². The van der Waals surface area contributed by atoms with Crippen molar-refractivity contribution in [1.29, 1.82) is 0 Å². The van der Waals surface area contributed by atoms with Crippen LogP contribution in [0.5, 0.6) is 0 Å². The van der Waals surface area contributed by atoms with Crippen LogP contribution in [-0.2, 0) is 4.79 Å². The van der Waals surface area contributed by atoms with Crippen molar-refractivity contribution in [2.24, 2.45) is 0 Å². The first kappa shape index (κ1) is 11.5. The van der Waals surface area contributed by atoms with Crippen molar-refractivity contribution in [2.75, 3.05) is 11.6 Å². The van der Waals surface area contributed by atoms with Crippen LogP contribution in [0.2, 0.25) is 0 Å². The highest BCUT2D eigenvalue weighted by atomic mass is 32.2. The Kier molecular flexibility index (Phi) is 3.20. The molecule has 1 aliphatic heterocycles. The molecule has 0 aliphatic carbocycles. The van der Waals surface area contributed by atoms with E-state index < -0.39 is 12.0 Å². The number of thiophene rings is 1. The predicted octanol–water partition coefficient (Wildman–Crippen LogP) is 1.66. The molecule has 16 heavy (non-hydrogen) atoms. The van der Waals surface area contributed by atoms with Crippen molar-refractivity contribution in [1.82, 2.24) is 4.90 Å². The van der Waals surface area contributed by atoms with Crippen LogP contribution in [0.3, 0.4) is 0 Å². The second-order valence-electron chi connectivity index (χ2n) is 3.56. The van der Waals surface area contributed by atoms with E-state index in [4.69, 9.17) is 5.11 Å². The number of aryl methyl sites for hydroxylation is 1. The van der Waals surface area contributed by atoms with Gasteiger partial charge in [-0.05, 0) is 23.9 Å². The van der Waals surface area contributed by atoms with Crippen LogP contribution in [0.4, 0.5) is 0 Å². The molecule has 0 radical (unpaired) electrons. The quantitative estimate of drug-likeness (QED) is 0.875. The van der Waals surface area contributed by atoms with Gasteiger partial charge < -0.3 is 10.0 Å². The Balaban J connectivity index is 2.22. The molecule has 1 fully saturated rings. The summed E-state index contributed by atoms with van der Waals surface area (Å²) in [5, 5.41) is 10.8. The minimum atomic E-state index is -0.924. The molecule has 1 amide bonds. The molecule has 86 valence electrons. The van der Waals surface area contributed by atoms with E-state index in [2.05, 4.69) is 0 Å². The van der Waals surface area contributed by atoms with Crippen LogP contribution >= 0.6 is 23.1 Å². The molecule has 1 atom stereocenters. The molecule has 2 heterocycles. The topological polar surface area (TPSA) is 57.6 Å². The number of carbonyl (C=O) groups is 2. The van der Waals surface area contributed by atoms with E-state index in [1.165, 1.54) is 28.0 Å². The van der Waals surface area contributed by atoms with Gasteiger partial charge in [0.05, 0.1) is 10.8 Å². The average molecular weight is 257 g/mol. The monoisotopic (exact) mass is 257 g/mol. The maximum Gasteiger partial charge on any atom is 0.327 e. The van der Waals surface area contributed by atoms with Crippen LogP contribution in [0, 0.1) is 6.92 Å². The summed E-state index contributed by atoms with van der Waals surface area (Å²) in [6.45, 7) is 1.86. The summed E-state index contributed by atoms with van der Waals surface area (Å²) in [6.07, 6.45) is 0. The van der Waals surface area contributed by atoms with Gasteiger partial charge in [-0.15, -0.1) is 23.1 Å². The fourth-order valence-corrected chi connectivity index (χ4v) is 3.60. The predicted molar refractivity (Wildman–Crippen MR) is 64.0 cm³/mol. The Morgan fingerprint density at radius 2 is 2.31 bits per heavy atom. The molecule has 6 heteroatoms. The fraction of sp³-hybridized carbons (Fsp3) is 0.400. The second-order valence-corrected chi connectivity index (χ2v) is 5.48. The van der Waals surface area contributed by atoms with Crippen molar-refractivity contribution < 1.29 is 14.7 Å². The van der Waals surface area contributed by atoms with E-state index in [1.807, 2.05) is 18.4 Å². The average Bonchev–Trinajstić information content (AvgIpc) is 2.84. The fourth-order valence-electron chi connectivity index (χ4n) is 1.57. The van der Waals surface area contributed by atoms with Crippen LogP contribution in [0.15, 0.2) is 11.4 Å². The Hall–Kier alpha value is -1.01. The number of aliphatic carboxylic acids is 1. The first-order valence-corrected chi connectivity index (χ1v) is 6.80. The summed E-state index contributed by atoms with van der Waals surface area (Å²) in [5.41, 5.74) is 0.913. The minimum Gasteiger partial charge on any atom is -0.480 e. The third kappa shape index (κ3) is 1.94. The van der Waals surface area contributed by atoms with Crippen LogP contribution < -0.4 is 0 Å². The smallest absolute Gasteiger partial charge is 0.327 e. The summed E-state index contributed by atoms with van der Waals surface area (Å²) >= 11 is 2.84. The third-order valence-electron chi connectivity index (χ3n) is 2.48. The Labute approximate surface area is 101 Å². The zero-order valence-corrected chi connectivity index (χ0v) is 10.3. The van der Waals surface area contributed by atoms with Crippen molar-refractivity contribution >= 4 is 35.0 Å². The lowest BCUT2D eigenvalue weighted by Crippen LogP contribution is -2.41. The lowest BCUT2D eigenvalue weighted by atomic mass is 10.2. The van der Waals surface area contributed by atoms with Gasteiger partial charge in [-0.1, -0.05) is 0 Å². The number of hydrogen-bond donors (Lipinski definition) is 1. The number of thioether (sulfide) groups is 1. The van der Waals surface area contributed by atoms with Gasteiger partial charge in [-0.3, -0.25) is 4.79 Å². The summed E-state index contributed by atoms with van der Waals surface area (Å²) in [7, 11) is 0. The maximum atomic E-state index is 12.1. The van der Waals surface area contributed by atoms with Crippen molar-refractivity contribution in [3.8, 4) is 0 Å². The summed E-state index contributed by atoms with van der Waals surface area (Å²) < 4.78 is 0. The first-order chi connectivity index (χ1) is 7.61. The molecule has 0 unspecified atom stereocenters. The molecule has 0 spiro atoms. The van der Waals surface area contributed by atoms with Gasteiger partial charge in [0.15, 0.2) is 0 Å². The summed E-state index contributed by atoms with van der Waals surface area (Å²) in [4.78, 5) is 25.2. The second kappa shape index (κ2) is 4.47. The number of carbonyl (C=O) groups excluding carboxylic acids is 1. The molecule has 0 aromatic carbocycles. The molecule has 1 aromatic rings. The molecular weight excluding hydrogens is 246 g/mol. The molecule has 4 nitrogen and oxygen atoms in total. The van der Waals surface area contributed by atoms with E-state index in [0.717, 1.165) is 5.56 Å².